The number of imidazole rings is 1. The molecule has 2 aliphatic heterocycles. The molecule has 27 heavy (non-hydrogen) atoms. The quantitative estimate of drug-likeness (QED) is 0.619. The third kappa shape index (κ3) is 3.70. The van der Waals surface area contributed by atoms with E-state index < -0.39 is 23.4 Å². The predicted molar refractivity (Wildman–Crippen MR) is 98.0 cm³/mol. The summed E-state index contributed by atoms with van der Waals surface area (Å²) in [6.07, 6.45) is 2.25. The van der Waals surface area contributed by atoms with E-state index in [2.05, 4.69) is 9.88 Å². The fraction of sp³-hybridized carbons (Fsp3) is 0.526. The summed E-state index contributed by atoms with van der Waals surface area (Å²) in [4.78, 5) is 5.61. The van der Waals surface area contributed by atoms with Gasteiger partial charge >= 0.3 is 0 Å². The number of rotatable bonds is 5. The molecule has 1 fully saturated rings. The molecule has 0 unspecified atom stereocenters. The Bertz CT molecular complexity index is 889. The van der Waals surface area contributed by atoms with E-state index in [0.29, 0.717) is 17.7 Å². The van der Waals surface area contributed by atoms with Gasteiger partial charge in [-0.2, -0.15) is 0 Å². The van der Waals surface area contributed by atoms with Crippen molar-refractivity contribution in [2.75, 3.05) is 32.8 Å². The molecule has 1 aromatic carbocycles. The fourth-order valence-corrected chi connectivity index (χ4v) is 4.43. The lowest BCUT2D eigenvalue weighted by Crippen LogP contribution is -2.37. The zero-order chi connectivity index (χ0) is 19.0. The number of aromatic nitrogens is 2. The van der Waals surface area contributed by atoms with Crippen LogP contribution in [0.1, 0.15) is 29.3 Å². The number of aromatic amines is 1. The van der Waals surface area contributed by atoms with Crippen LogP contribution in [0.15, 0.2) is 12.1 Å². The number of nitrogens with zero attached hydrogens (tertiary/aromatic N) is 2. The van der Waals surface area contributed by atoms with E-state index in [4.69, 9.17) is 17.0 Å². The van der Waals surface area contributed by atoms with Gasteiger partial charge in [0, 0.05) is 42.5 Å². The first-order chi connectivity index (χ1) is 13.0. The van der Waals surface area contributed by atoms with Crippen molar-refractivity contribution in [1.29, 1.82) is 0 Å². The molecule has 0 aliphatic carbocycles. The molecule has 2 aliphatic rings. The number of benzene rings is 1. The molecule has 3 heterocycles. The Morgan fingerprint density at radius 1 is 1.15 bits per heavy atom. The molecule has 0 radical (unpaired) electrons. The van der Waals surface area contributed by atoms with Gasteiger partial charge in [0.25, 0.3) is 0 Å². The SMILES string of the molecule is Fc1ccc(F)c([C@H]2Cc3c(CCCN4CCOCC4)[nH]c(=S)n3C2)c1F. The highest BCUT2D eigenvalue weighted by molar-refractivity contribution is 7.71. The Morgan fingerprint density at radius 2 is 1.89 bits per heavy atom. The van der Waals surface area contributed by atoms with Crippen molar-refractivity contribution < 1.29 is 17.9 Å². The largest absolute Gasteiger partial charge is 0.379 e. The Hall–Kier alpha value is -1.64. The molecule has 8 heteroatoms. The average Bonchev–Trinajstić information content (AvgIpc) is 3.21. The van der Waals surface area contributed by atoms with Gasteiger partial charge in [0.05, 0.1) is 13.2 Å². The molecule has 4 nitrogen and oxygen atoms in total. The number of fused-ring (bicyclic) bond motifs is 1. The molecule has 1 atom stereocenters. The number of ether oxygens (including phenoxy) is 1. The molecule has 1 saturated heterocycles. The summed E-state index contributed by atoms with van der Waals surface area (Å²) in [6.45, 7) is 4.79. The predicted octanol–water partition coefficient (Wildman–Crippen LogP) is 3.57. The smallest absolute Gasteiger partial charge is 0.177 e. The van der Waals surface area contributed by atoms with Gasteiger partial charge < -0.3 is 14.3 Å². The van der Waals surface area contributed by atoms with Gasteiger partial charge in [-0.3, -0.25) is 4.90 Å². The molecule has 0 saturated carbocycles. The number of H-pyrrole nitrogens is 1. The summed E-state index contributed by atoms with van der Waals surface area (Å²) in [7, 11) is 0. The van der Waals surface area contributed by atoms with Crippen LogP contribution in [-0.4, -0.2) is 47.3 Å². The summed E-state index contributed by atoms with van der Waals surface area (Å²) >= 11 is 5.39. The van der Waals surface area contributed by atoms with Gasteiger partial charge in [-0.1, -0.05) is 0 Å². The van der Waals surface area contributed by atoms with Crippen molar-refractivity contribution in [3.05, 3.63) is 51.3 Å². The standard InChI is InChI=1S/C19H22F3N3OS/c20-13-3-4-14(21)18(22)17(13)12-10-16-15(23-19(27)25(16)11-12)2-1-5-24-6-8-26-9-7-24/h3-4,12H,1-2,5-11H2,(H,23,27)/t12-/m0/s1. The second-order valence-electron chi connectivity index (χ2n) is 7.18. The summed E-state index contributed by atoms with van der Waals surface area (Å²) in [5, 5.41) is 0. The second-order valence-corrected chi connectivity index (χ2v) is 7.57. The van der Waals surface area contributed by atoms with Crippen LogP contribution in [0.4, 0.5) is 13.2 Å². The van der Waals surface area contributed by atoms with Crippen LogP contribution in [0.5, 0.6) is 0 Å². The lowest BCUT2D eigenvalue weighted by molar-refractivity contribution is 0.0374. The highest BCUT2D eigenvalue weighted by Gasteiger charge is 2.31. The summed E-state index contributed by atoms with van der Waals surface area (Å²) < 4.78 is 49.7. The van der Waals surface area contributed by atoms with Crippen molar-refractivity contribution in [2.45, 2.75) is 31.7 Å². The van der Waals surface area contributed by atoms with Crippen LogP contribution < -0.4 is 0 Å². The van der Waals surface area contributed by atoms with E-state index in [1.165, 1.54) is 0 Å². The minimum atomic E-state index is -1.09. The first-order valence-electron chi connectivity index (χ1n) is 9.28. The van der Waals surface area contributed by atoms with Gasteiger partial charge in [0.1, 0.15) is 5.82 Å². The Balaban J connectivity index is 1.47. The highest BCUT2D eigenvalue weighted by atomic mass is 32.1. The van der Waals surface area contributed by atoms with Gasteiger partial charge in [0.15, 0.2) is 16.4 Å². The van der Waals surface area contributed by atoms with Crippen molar-refractivity contribution in [3.63, 3.8) is 0 Å². The molecule has 1 N–H and O–H groups in total. The molecule has 0 spiro atoms. The van der Waals surface area contributed by atoms with Gasteiger partial charge in [-0.05, 0) is 50.2 Å². The first-order valence-corrected chi connectivity index (χ1v) is 9.69. The number of hydrogen-bond acceptors (Lipinski definition) is 3. The molecular formula is C19H22F3N3OS. The lowest BCUT2D eigenvalue weighted by Gasteiger charge is -2.26. The summed E-state index contributed by atoms with van der Waals surface area (Å²) in [5.41, 5.74) is 1.83. The summed E-state index contributed by atoms with van der Waals surface area (Å²) in [5.74, 6) is -3.24. The lowest BCUT2D eigenvalue weighted by atomic mass is 9.95. The molecular weight excluding hydrogens is 375 g/mol. The maximum absolute atomic E-state index is 14.2. The maximum atomic E-state index is 14.2. The third-order valence-corrected chi connectivity index (χ3v) is 5.83. The number of aryl methyl sites for hydroxylation is 1. The Morgan fingerprint density at radius 3 is 2.67 bits per heavy atom. The van der Waals surface area contributed by atoms with Gasteiger partial charge in [-0.25, -0.2) is 13.2 Å². The second kappa shape index (κ2) is 7.77. The van der Waals surface area contributed by atoms with Crippen molar-refractivity contribution in [2.24, 2.45) is 0 Å². The summed E-state index contributed by atoms with van der Waals surface area (Å²) in [6, 6.07) is 1.82. The minimum absolute atomic E-state index is 0.174. The average molecular weight is 397 g/mol. The number of hydrogen-bond donors (Lipinski definition) is 1. The van der Waals surface area contributed by atoms with Crippen molar-refractivity contribution in [1.82, 2.24) is 14.5 Å². The molecule has 0 bridgehead atoms. The van der Waals surface area contributed by atoms with Crippen LogP contribution in [0.3, 0.4) is 0 Å². The first kappa shape index (κ1) is 18.7. The maximum Gasteiger partial charge on any atom is 0.177 e. The Labute approximate surface area is 160 Å². The van der Waals surface area contributed by atoms with Crippen LogP contribution in [0.2, 0.25) is 0 Å². The van der Waals surface area contributed by atoms with E-state index in [-0.39, 0.29) is 5.56 Å². The topological polar surface area (TPSA) is 33.2 Å². The molecule has 146 valence electrons. The van der Waals surface area contributed by atoms with E-state index in [1.807, 2.05) is 4.57 Å². The minimum Gasteiger partial charge on any atom is -0.379 e. The van der Waals surface area contributed by atoms with Crippen molar-refractivity contribution in [3.8, 4) is 0 Å². The highest BCUT2D eigenvalue weighted by Crippen LogP contribution is 2.35. The third-order valence-electron chi connectivity index (χ3n) is 5.51. The fourth-order valence-electron chi connectivity index (χ4n) is 4.12. The zero-order valence-corrected chi connectivity index (χ0v) is 15.8. The number of nitrogens with one attached hydrogen (secondary N) is 1. The molecule has 1 aromatic heterocycles. The Kier molecular flexibility index (Phi) is 5.39. The van der Waals surface area contributed by atoms with E-state index >= 15 is 0 Å². The molecule has 4 rings (SSSR count). The van der Waals surface area contributed by atoms with Gasteiger partial charge in [0.2, 0.25) is 0 Å². The van der Waals surface area contributed by atoms with Gasteiger partial charge in [-0.15, -0.1) is 0 Å². The number of halogens is 3. The van der Waals surface area contributed by atoms with Crippen LogP contribution in [-0.2, 0) is 24.1 Å². The number of morpholine rings is 1. The van der Waals surface area contributed by atoms with E-state index in [0.717, 1.165) is 69.2 Å². The van der Waals surface area contributed by atoms with E-state index in [9.17, 15) is 13.2 Å². The zero-order valence-electron chi connectivity index (χ0n) is 14.9. The van der Waals surface area contributed by atoms with Crippen LogP contribution in [0, 0.1) is 22.2 Å². The van der Waals surface area contributed by atoms with Crippen LogP contribution >= 0.6 is 12.2 Å². The van der Waals surface area contributed by atoms with E-state index in [1.54, 1.807) is 0 Å². The molecule has 0 amide bonds. The normalized spacial score (nSPS) is 20.2. The van der Waals surface area contributed by atoms with Crippen molar-refractivity contribution >= 4 is 12.2 Å². The monoisotopic (exact) mass is 397 g/mol. The van der Waals surface area contributed by atoms with Crippen LogP contribution in [0.25, 0.3) is 0 Å². The molecule has 2 aromatic rings.